The normalized spacial score (nSPS) is 27.6. The van der Waals surface area contributed by atoms with Crippen LogP contribution in [0.3, 0.4) is 0 Å². The zero-order valence-electron chi connectivity index (χ0n) is 11.4. The standard InChI is InChI=1S/C17H19NO/c1-13-16(14-9-5-3-6-10-14)19-17(18(13)2)15-11-7-4-8-12-15/h3-13,16-17H,1-2H3/t13-,16+,17?/m0/s1. The van der Waals surface area contributed by atoms with Crippen molar-refractivity contribution in [1.29, 1.82) is 0 Å². The maximum absolute atomic E-state index is 6.28. The van der Waals surface area contributed by atoms with Crippen LogP contribution in [0.2, 0.25) is 0 Å². The number of nitrogens with zero attached hydrogens (tertiary/aromatic N) is 1. The Labute approximate surface area is 114 Å². The van der Waals surface area contributed by atoms with Gasteiger partial charge in [0.25, 0.3) is 0 Å². The molecule has 0 spiro atoms. The van der Waals surface area contributed by atoms with Crippen LogP contribution in [-0.2, 0) is 4.74 Å². The van der Waals surface area contributed by atoms with E-state index in [-0.39, 0.29) is 12.3 Å². The van der Waals surface area contributed by atoms with E-state index in [9.17, 15) is 0 Å². The number of hydrogen-bond donors (Lipinski definition) is 0. The molecule has 3 atom stereocenters. The Balaban J connectivity index is 1.88. The van der Waals surface area contributed by atoms with Crippen molar-refractivity contribution in [2.75, 3.05) is 7.05 Å². The molecule has 1 aliphatic heterocycles. The molecule has 2 aromatic rings. The molecular formula is C17H19NO. The molecule has 3 rings (SSSR count). The van der Waals surface area contributed by atoms with Gasteiger partial charge >= 0.3 is 0 Å². The fourth-order valence-corrected chi connectivity index (χ4v) is 2.71. The molecule has 0 saturated carbocycles. The molecule has 1 aliphatic rings. The van der Waals surface area contributed by atoms with Gasteiger partial charge in [0.1, 0.15) is 12.3 Å². The van der Waals surface area contributed by atoms with Gasteiger partial charge in [0.15, 0.2) is 0 Å². The van der Waals surface area contributed by atoms with Gasteiger partial charge < -0.3 is 4.74 Å². The highest BCUT2D eigenvalue weighted by atomic mass is 16.5. The lowest BCUT2D eigenvalue weighted by molar-refractivity contribution is 0.00560. The highest BCUT2D eigenvalue weighted by Gasteiger charge is 2.38. The monoisotopic (exact) mass is 253 g/mol. The average molecular weight is 253 g/mol. The van der Waals surface area contributed by atoms with Crippen LogP contribution in [0.15, 0.2) is 60.7 Å². The summed E-state index contributed by atoms with van der Waals surface area (Å²) >= 11 is 0. The van der Waals surface area contributed by atoms with Crippen LogP contribution in [0.1, 0.15) is 30.4 Å². The predicted octanol–water partition coefficient (Wildman–Crippen LogP) is 3.78. The van der Waals surface area contributed by atoms with E-state index in [4.69, 9.17) is 4.74 Å². The summed E-state index contributed by atoms with van der Waals surface area (Å²) in [6.45, 7) is 2.22. The number of benzene rings is 2. The van der Waals surface area contributed by atoms with Crippen LogP contribution in [0.5, 0.6) is 0 Å². The highest BCUT2D eigenvalue weighted by Crippen LogP contribution is 2.40. The molecule has 0 aromatic heterocycles. The van der Waals surface area contributed by atoms with Gasteiger partial charge in [-0.1, -0.05) is 60.7 Å². The minimum Gasteiger partial charge on any atom is -0.349 e. The van der Waals surface area contributed by atoms with Crippen LogP contribution < -0.4 is 0 Å². The first-order valence-electron chi connectivity index (χ1n) is 6.74. The molecular weight excluding hydrogens is 234 g/mol. The number of ether oxygens (including phenoxy) is 1. The van der Waals surface area contributed by atoms with Crippen LogP contribution >= 0.6 is 0 Å². The molecule has 1 saturated heterocycles. The SMILES string of the molecule is C[C@H]1[C@H](c2ccccc2)OC(c2ccccc2)N1C. The summed E-state index contributed by atoms with van der Waals surface area (Å²) in [5, 5.41) is 0. The fraction of sp³-hybridized carbons (Fsp3) is 0.294. The molecule has 1 fully saturated rings. The first kappa shape index (κ1) is 12.4. The van der Waals surface area contributed by atoms with Crippen molar-refractivity contribution in [2.45, 2.75) is 25.3 Å². The lowest BCUT2D eigenvalue weighted by Crippen LogP contribution is -2.27. The van der Waals surface area contributed by atoms with Crippen molar-refractivity contribution < 1.29 is 4.74 Å². The van der Waals surface area contributed by atoms with Crippen LogP contribution in [-0.4, -0.2) is 18.0 Å². The smallest absolute Gasteiger partial charge is 0.137 e. The Morgan fingerprint density at radius 2 is 1.37 bits per heavy atom. The first-order chi connectivity index (χ1) is 9.27. The van der Waals surface area contributed by atoms with E-state index in [1.165, 1.54) is 11.1 Å². The molecule has 0 amide bonds. The minimum absolute atomic E-state index is 0.0430. The number of likely N-dealkylation sites (N-methyl/N-ethyl adjacent to an activating group) is 1. The average Bonchev–Trinajstić information content (AvgIpc) is 2.77. The van der Waals surface area contributed by atoms with E-state index in [0.29, 0.717) is 6.04 Å². The van der Waals surface area contributed by atoms with E-state index < -0.39 is 0 Å². The van der Waals surface area contributed by atoms with E-state index in [1.807, 2.05) is 12.1 Å². The maximum atomic E-state index is 6.28. The summed E-state index contributed by atoms with van der Waals surface area (Å²) in [5.41, 5.74) is 2.47. The first-order valence-corrected chi connectivity index (χ1v) is 6.74. The van der Waals surface area contributed by atoms with Gasteiger partial charge in [-0.2, -0.15) is 0 Å². The van der Waals surface area contributed by atoms with Crippen molar-refractivity contribution in [3.8, 4) is 0 Å². The number of hydrogen-bond acceptors (Lipinski definition) is 2. The lowest BCUT2D eigenvalue weighted by Gasteiger charge is -2.21. The molecule has 0 bridgehead atoms. The lowest BCUT2D eigenvalue weighted by atomic mass is 10.0. The minimum atomic E-state index is 0.0430. The van der Waals surface area contributed by atoms with Crippen LogP contribution in [0, 0.1) is 0 Å². The Kier molecular flexibility index (Phi) is 3.36. The molecule has 1 heterocycles. The largest absolute Gasteiger partial charge is 0.349 e. The summed E-state index contributed by atoms with van der Waals surface area (Å²) in [5.74, 6) is 0. The van der Waals surface area contributed by atoms with Crippen molar-refractivity contribution in [1.82, 2.24) is 4.90 Å². The third-order valence-corrected chi connectivity index (χ3v) is 3.94. The molecule has 0 aliphatic carbocycles. The predicted molar refractivity (Wildman–Crippen MR) is 76.7 cm³/mol. The maximum Gasteiger partial charge on any atom is 0.137 e. The van der Waals surface area contributed by atoms with Crippen molar-refractivity contribution in [3.05, 3.63) is 71.8 Å². The molecule has 1 unspecified atom stereocenters. The Morgan fingerprint density at radius 3 is 1.95 bits per heavy atom. The summed E-state index contributed by atoms with van der Waals surface area (Å²) in [4.78, 5) is 2.30. The van der Waals surface area contributed by atoms with Gasteiger partial charge in [0, 0.05) is 6.04 Å². The Hall–Kier alpha value is -1.64. The topological polar surface area (TPSA) is 12.5 Å². The fourth-order valence-electron chi connectivity index (χ4n) is 2.71. The van der Waals surface area contributed by atoms with Crippen molar-refractivity contribution >= 4 is 0 Å². The third-order valence-electron chi connectivity index (χ3n) is 3.94. The van der Waals surface area contributed by atoms with Gasteiger partial charge in [-0.05, 0) is 25.1 Å². The van der Waals surface area contributed by atoms with Crippen LogP contribution in [0.25, 0.3) is 0 Å². The molecule has 2 nitrogen and oxygen atoms in total. The summed E-state index contributed by atoms with van der Waals surface area (Å²) in [6, 6.07) is 21.3. The molecule has 0 N–H and O–H groups in total. The quantitative estimate of drug-likeness (QED) is 0.807. The zero-order chi connectivity index (χ0) is 13.2. The van der Waals surface area contributed by atoms with Gasteiger partial charge in [0.05, 0.1) is 0 Å². The third kappa shape index (κ3) is 2.29. The second kappa shape index (κ2) is 5.16. The van der Waals surface area contributed by atoms with Crippen molar-refractivity contribution in [3.63, 3.8) is 0 Å². The van der Waals surface area contributed by atoms with Gasteiger partial charge in [-0.25, -0.2) is 0 Å². The molecule has 2 heteroatoms. The second-order valence-corrected chi connectivity index (χ2v) is 5.14. The van der Waals surface area contributed by atoms with Gasteiger partial charge in [-0.15, -0.1) is 0 Å². The van der Waals surface area contributed by atoms with Gasteiger partial charge in [0.2, 0.25) is 0 Å². The van der Waals surface area contributed by atoms with E-state index in [1.54, 1.807) is 0 Å². The molecule has 98 valence electrons. The molecule has 0 radical (unpaired) electrons. The Bertz CT molecular complexity index is 476. The number of rotatable bonds is 2. The molecule has 2 aromatic carbocycles. The summed E-state index contributed by atoms with van der Waals surface area (Å²) < 4.78 is 6.28. The van der Waals surface area contributed by atoms with Crippen molar-refractivity contribution in [2.24, 2.45) is 0 Å². The van der Waals surface area contributed by atoms with E-state index in [0.717, 1.165) is 0 Å². The summed E-state index contributed by atoms with van der Waals surface area (Å²) in [6.07, 6.45) is 0.179. The van der Waals surface area contributed by atoms with Crippen LogP contribution in [0.4, 0.5) is 0 Å². The van der Waals surface area contributed by atoms with E-state index >= 15 is 0 Å². The van der Waals surface area contributed by atoms with Gasteiger partial charge in [-0.3, -0.25) is 4.90 Å². The summed E-state index contributed by atoms with van der Waals surface area (Å²) in [7, 11) is 2.13. The highest BCUT2D eigenvalue weighted by molar-refractivity contribution is 5.23. The second-order valence-electron chi connectivity index (χ2n) is 5.14. The Morgan fingerprint density at radius 1 is 0.842 bits per heavy atom. The van der Waals surface area contributed by atoms with E-state index in [2.05, 4.69) is 67.4 Å². The molecule has 19 heavy (non-hydrogen) atoms. The zero-order valence-corrected chi connectivity index (χ0v) is 11.4.